The standard InChI is InChI=1S/C13H24N2O/c14-9-13(16)7-12-6-5-10(13)8-15(12)11-3-1-2-4-11/h10-12,16H,1-9,14H2. The van der Waals surface area contributed by atoms with Crippen LogP contribution >= 0.6 is 0 Å². The summed E-state index contributed by atoms with van der Waals surface area (Å²) in [5.41, 5.74) is 5.21. The minimum atomic E-state index is -0.544. The normalized spacial score (nSPS) is 45.4. The molecule has 2 saturated carbocycles. The van der Waals surface area contributed by atoms with E-state index in [1.165, 1.54) is 38.5 Å². The number of nitrogens with zero attached hydrogens (tertiary/aromatic N) is 1. The van der Waals surface area contributed by atoms with Crippen molar-refractivity contribution in [2.75, 3.05) is 13.1 Å². The molecule has 2 heterocycles. The fraction of sp³-hybridized carbons (Fsp3) is 1.00. The summed E-state index contributed by atoms with van der Waals surface area (Å²) in [4.78, 5) is 2.70. The van der Waals surface area contributed by atoms with Gasteiger partial charge in [-0.15, -0.1) is 0 Å². The minimum Gasteiger partial charge on any atom is -0.388 e. The van der Waals surface area contributed by atoms with Gasteiger partial charge in [0, 0.05) is 31.1 Å². The molecule has 92 valence electrons. The Hall–Kier alpha value is -0.120. The van der Waals surface area contributed by atoms with Crippen molar-refractivity contribution >= 4 is 0 Å². The van der Waals surface area contributed by atoms with Crippen LogP contribution in [0.5, 0.6) is 0 Å². The van der Waals surface area contributed by atoms with Crippen LogP contribution in [0.25, 0.3) is 0 Å². The van der Waals surface area contributed by atoms with Gasteiger partial charge in [-0.2, -0.15) is 0 Å². The molecule has 3 unspecified atom stereocenters. The summed E-state index contributed by atoms with van der Waals surface area (Å²) >= 11 is 0. The molecule has 0 radical (unpaired) electrons. The molecule has 0 aromatic heterocycles. The van der Waals surface area contributed by atoms with Gasteiger partial charge in [-0.3, -0.25) is 4.90 Å². The Labute approximate surface area is 98.0 Å². The van der Waals surface area contributed by atoms with E-state index in [9.17, 15) is 5.11 Å². The van der Waals surface area contributed by atoms with Crippen molar-refractivity contribution in [3.8, 4) is 0 Å². The van der Waals surface area contributed by atoms with Crippen molar-refractivity contribution < 1.29 is 5.11 Å². The van der Waals surface area contributed by atoms with Crippen molar-refractivity contribution in [3.63, 3.8) is 0 Å². The molecule has 0 aromatic rings. The van der Waals surface area contributed by atoms with Gasteiger partial charge in [-0.05, 0) is 32.1 Å². The van der Waals surface area contributed by atoms with Crippen LogP contribution in [0, 0.1) is 5.92 Å². The lowest BCUT2D eigenvalue weighted by Crippen LogP contribution is -2.64. The summed E-state index contributed by atoms with van der Waals surface area (Å²) in [6.45, 7) is 1.55. The summed E-state index contributed by atoms with van der Waals surface area (Å²) in [7, 11) is 0. The van der Waals surface area contributed by atoms with Gasteiger partial charge in [-0.25, -0.2) is 0 Å². The quantitative estimate of drug-likeness (QED) is 0.738. The van der Waals surface area contributed by atoms with Crippen molar-refractivity contribution in [2.24, 2.45) is 11.7 Å². The first-order valence-electron chi connectivity index (χ1n) is 6.91. The lowest BCUT2D eigenvalue weighted by molar-refractivity contribution is -0.131. The monoisotopic (exact) mass is 224 g/mol. The number of nitrogens with two attached hydrogens (primary N) is 1. The maximum atomic E-state index is 10.5. The van der Waals surface area contributed by atoms with Gasteiger partial charge in [-0.1, -0.05) is 12.8 Å². The SMILES string of the molecule is NCC1(O)CC2CCC1CN2C1CCCC1. The van der Waals surface area contributed by atoms with Crippen LogP contribution < -0.4 is 5.73 Å². The Bertz CT molecular complexity index is 265. The zero-order valence-corrected chi connectivity index (χ0v) is 10.1. The molecule has 16 heavy (non-hydrogen) atoms. The van der Waals surface area contributed by atoms with Crippen LogP contribution in [0.2, 0.25) is 0 Å². The highest BCUT2D eigenvalue weighted by Gasteiger charge is 2.50. The Morgan fingerprint density at radius 2 is 1.88 bits per heavy atom. The highest BCUT2D eigenvalue weighted by Crippen LogP contribution is 2.44. The molecule has 4 aliphatic rings. The molecular formula is C13H24N2O. The number of piperidine rings is 2. The molecule has 3 atom stereocenters. The highest BCUT2D eigenvalue weighted by molar-refractivity contribution is 5.04. The molecule has 2 saturated heterocycles. The lowest BCUT2D eigenvalue weighted by Gasteiger charge is -2.55. The first-order valence-corrected chi connectivity index (χ1v) is 6.91. The largest absolute Gasteiger partial charge is 0.388 e. The van der Waals surface area contributed by atoms with Crippen molar-refractivity contribution in [2.45, 2.75) is 62.6 Å². The summed E-state index contributed by atoms with van der Waals surface area (Å²) in [5, 5.41) is 10.5. The number of rotatable bonds is 2. The smallest absolute Gasteiger partial charge is 0.0824 e. The van der Waals surface area contributed by atoms with E-state index >= 15 is 0 Å². The maximum absolute atomic E-state index is 10.5. The van der Waals surface area contributed by atoms with E-state index in [1.807, 2.05) is 0 Å². The van der Waals surface area contributed by atoms with Crippen molar-refractivity contribution in [1.82, 2.24) is 4.90 Å². The van der Waals surface area contributed by atoms with Crippen LogP contribution in [0.3, 0.4) is 0 Å². The Morgan fingerprint density at radius 3 is 2.44 bits per heavy atom. The van der Waals surface area contributed by atoms with E-state index in [0.29, 0.717) is 18.5 Å². The third-order valence-corrected chi connectivity index (χ3v) is 5.24. The molecule has 2 aliphatic heterocycles. The summed E-state index contributed by atoms with van der Waals surface area (Å²) < 4.78 is 0. The van der Waals surface area contributed by atoms with Gasteiger partial charge in [0.25, 0.3) is 0 Å². The van der Waals surface area contributed by atoms with Crippen LogP contribution in [-0.4, -0.2) is 40.8 Å². The number of aliphatic hydroxyl groups is 1. The molecule has 0 spiro atoms. The average molecular weight is 224 g/mol. The molecule has 3 heteroatoms. The van der Waals surface area contributed by atoms with Crippen LogP contribution in [0.1, 0.15) is 44.9 Å². The maximum Gasteiger partial charge on any atom is 0.0824 e. The second-order valence-electron chi connectivity index (χ2n) is 6.07. The van der Waals surface area contributed by atoms with Crippen molar-refractivity contribution in [1.29, 1.82) is 0 Å². The third kappa shape index (κ3) is 1.60. The van der Waals surface area contributed by atoms with E-state index in [2.05, 4.69) is 4.90 Å². The van der Waals surface area contributed by atoms with E-state index in [0.717, 1.165) is 19.0 Å². The van der Waals surface area contributed by atoms with Gasteiger partial charge in [0.1, 0.15) is 0 Å². The Kier molecular flexibility index (Phi) is 2.73. The molecule has 2 bridgehead atoms. The molecule has 3 nitrogen and oxygen atoms in total. The summed E-state index contributed by atoms with van der Waals surface area (Å²) in [5.74, 6) is 0.433. The molecule has 0 amide bonds. The molecule has 4 rings (SSSR count). The zero-order chi connectivity index (χ0) is 11.2. The van der Waals surface area contributed by atoms with E-state index in [-0.39, 0.29) is 0 Å². The van der Waals surface area contributed by atoms with Gasteiger partial charge in [0.15, 0.2) is 0 Å². The second-order valence-corrected chi connectivity index (χ2v) is 6.07. The Balaban J connectivity index is 1.73. The van der Waals surface area contributed by atoms with E-state index < -0.39 is 5.60 Å². The van der Waals surface area contributed by atoms with Crippen LogP contribution in [0.4, 0.5) is 0 Å². The number of fused-ring (bicyclic) bond motifs is 3. The van der Waals surface area contributed by atoms with Crippen molar-refractivity contribution in [3.05, 3.63) is 0 Å². The fourth-order valence-electron chi connectivity index (χ4n) is 4.22. The molecule has 4 fully saturated rings. The van der Waals surface area contributed by atoms with Gasteiger partial charge in [0.05, 0.1) is 5.60 Å². The average Bonchev–Trinajstić information content (AvgIpc) is 2.83. The first-order chi connectivity index (χ1) is 7.73. The predicted molar refractivity (Wildman–Crippen MR) is 64.1 cm³/mol. The fourth-order valence-corrected chi connectivity index (χ4v) is 4.22. The third-order valence-electron chi connectivity index (χ3n) is 5.24. The van der Waals surface area contributed by atoms with E-state index in [4.69, 9.17) is 5.73 Å². The number of hydrogen-bond donors (Lipinski definition) is 2. The topological polar surface area (TPSA) is 49.5 Å². The zero-order valence-electron chi connectivity index (χ0n) is 10.1. The Morgan fingerprint density at radius 1 is 1.12 bits per heavy atom. The van der Waals surface area contributed by atoms with Crippen LogP contribution in [-0.2, 0) is 0 Å². The summed E-state index contributed by atoms with van der Waals surface area (Å²) in [6.07, 6.45) is 8.95. The molecule has 2 aliphatic carbocycles. The lowest BCUT2D eigenvalue weighted by atomic mass is 9.68. The highest BCUT2D eigenvalue weighted by atomic mass is 16.3. The van der Waals surface area contributed by atoms with Gasteiger partial charge < -0.3 is 10.8 Å². The van der Waals surface area contributed by atoms with Crippen LogP contribution in [0.15, 0.2) is 0 Å². The van der Waals surface area contributed by atoms with Gasteiger partial charge in [0.2, 0.25) is 0 Å². The summed E-state index contributed by atoms with van der Waals surface area (Å²) in [6, 6.07) is 1.43. The predicted octanol–water partition coefficient (Wildman–Crippen LogP) is 1.10. The first kappa shape index (κ1) is 11.0. The minimum absolute atomic E-state index is 0.433. The molecular weight excluding hydrogens is 200 g/mol. The van der Waals surface area contributed by atoms with E-state index in [1.54, 1.807) is 0 Å². The second kappa shape index (κ2) is 3.97. The number of hydrogen-bond acceptors (Lipinski definition) is 3. The van der Waals surface area contributed by atoms with Gasteiger partial charge >= 0.3 is 0 Å². The molecule has 3 N–H and O–H groups in total. The molecule has 0 aromatic carbocycles.